The number of benzene rings is 1. The van der Waals surface area contributed by atoms with E-state index >= 15 is 0 Å². The largest absolute Gasteiger partial charge is 0.348 e. The van der Waals surface area contributed by atoms with E-state index in [4.69, 9.17) is 0 Å². The van der Waals surface area contributed by atoms with Crippen molar-refractivity contribution in [1.82, 2.24) is 5.32 Å². The Labute approximate surface area is 70.9 Å². The van der Waals surface area contributed by atoms with Crippen LogP contribution >= 0.6 is 0 Å². The van der Waals surface area contributed by atoms with Crippen LogP contribution in [0.5, 0.6) is 0 Å². The standard InChI is InChI=1S/C10H9NO/c1-2-7-4-3-5-8-9(7)6-11-10(8)12/h2-5H,1,6H2,(H,11,12). The van der Waals surface area contributed by atoms with Crippen LogP contribution in [0.3, 0.4) is 0 Å². The summed E-state index contributed by atoms with van der Waals surface area (Å²) < 4.78 is 0. The topological polar surface area (TPSA) is 29.1 Å². The summed E-state index contributed by atoms with van der Waals surface area (Å²) >= 11 is 0. The molecule has 2 nitrogen and oxygen atoms in total. The van der Waals surface area contributed by atoms with Gasteiger partial charge < -0.3 is 5.32 Å². The van der Waals surface area contributed by atoms with Crippen molar-refractivity contribution in [3.63, 3.8) is 0 Å². The highest BCUT2D eigenvalue weighted by molar-refractivity contribution is 5.99. The van der Waals surface area contributed by atoms with Crippen LogP contribution in [-0.2, 0) is 6.54 Å². The van der Waals surface area contributed by atoms with Crippen molar-refractivity contribution in [3.05, 3.63) is 41.5 Å². The summed E-state index contributed by atoms with van der Waals surface area (Å²) in [6.45, 7) is 4.33. The zero-order valence-corrected chi connectivity index (χ0v) is 6.63. The van der Waals surface area contributed by atoms with Gasteiger partial charge in [0.05, 0.1) is 0 Å². The zero-order chi connectivity index (χ0) is 8.55. The molecule has 0 fully saturated rings. The molecule has 0 unspecified atom stereocenters. The molecule has 1 heterocycles. The summed E-state index contributed by atoms with van der Waals surface area (Å²) in [7, 11) is 0. The van der Waals surface area contributed by atoms with Crippen LogP contribution < -0.4 is 5.32 Å². The molecule has 2 heteroatoms. The number of carbonyl (C=O) groups excluding carboxylic acids is 1. The fraction of sp³-hybridized carbons (Fsp3) is 0.100. The Bertz CT molecular complexity index is 355. The smallest absolute Gasteiger partial charge is 0.251 e. The van der Waals surface area contributed by atoms with Gasteiger partial charge >= 0.3 is 0 Å². The van der Waals surface area contributed by atoms with E-state index in [0.717, 1.165) is 16.7 Å². The van der Waals surface area contributed by atoms with Crippen LogP contribution in [0, 0.1) is 0 Å². The number of hydrogen-bond donors (Lipinski definition) is 1. The Morgan fingerprint density at radius 2 is 2.33 bits per heavy atom. The summed E-state index contributed by atoms with van der Waals surface area (Å²) in [5.74, 6) is 0.0219. The number of carbonyl (C=O) groups is 1. The molecule has 1 aromatic rings. The van der Waals surface area contributed by atoms with Crippen molar-refractivity contribution in [3.8, 4) is 0 Å². The van der Waals surface area contributed by atoms with E-state index < -0.39 is 0 Å². The third-order valence-electron chi connectivity index (χ3n) is 2.10. The number of rotatable bonds is 1. The van der Waals surface area contributed by atoms with Crippen molar-refractivity contribution in [2.75, 3.05) is 0 Å². The van der Waals surface area contributed by atoms with Crippen LogP contribution in [-0.4, -0.2) is 5.91 Å². The maximum Gasteiger partial charge on any atom is 0.251 e. The molecule has 0 radical (unpaired) electrons. The Balaban J connectivity index is 2.65. The van der Waals surface area contributed by atoms with E-state index in [9.17, 15) is 4.79 Å². The molecule has 1 N–H and O–H groups in total. The number of fused-ring (bicyclic) bond motifs is 1. The molecule has 1 aliphatic rings. The lowest BCUT2D eigenvalue weighted by Gasteiger charge is -1.99. The second kappa shape index (κ2) is 2.48. The summed E-state index contributed by atoms with van der Waals surface area (Å²) in [6.07, 6.45) is 1.78. The summed E-state index contributed by atoms with van der Waals surface area (Å²) in [5, 5.41) is 2.77. The lowest BCUT2D eigenvalue weighted by molar-refractivity contribution is 0.0966. The normalized spacial score (nSPS) is 13.8. The van der Waals surface area contributed by atoms with Gasteiger partial charge in [-0.05, 0) is 17.2 Å². The molecule has 0 saturated heterocycles. The minimum atomic E-state index is 0.0219. The Hall–Kier alpha value is -1.57. The monoisotopic (exact) mass is 159 g/mol. The highest BCUT2D eigenvalue weighted by Crippen LogP contribution is 2.20. The third-order valence-corrected chi connectivity index (χ3v) is 2.10. The Kier molecular flexibility index (Phi) is 1.47. The SMILES string of the molecule is C=Cc1cccc2c1CNC2=O. The van der Waals surface area contributed by atoms with Crippen LogP contribution in [0.1, 0.15) is 21.5 Å². The van der Waals surface area contributed by atoms with Crippen molar-refractivity contribution in [2.45, 2.75) is 6.54 Å². The van der Waals surface area contributed by atoms with Crippen LogP contribution in [0.15, 0.2) is 24.8 Å². The molecule has 0 spiro atoms. The van der Waals surface area contributed by atoms with Crippen LogP contribution in [0.25, 0.3) is 6.08 Å². The molecule has 1 aliphatic heterocycles. The third kappa shape index (κ3) is 0.848. The second-order valence-electron chi connectivity index (χ2n) is 2.76. The summed E-state index contributed by atoms with van der Waals surface area (Å²) in [6, 6.07) is 5.68. The van der Waals surface area contributed by atoms with Gasteiger partial charge in [-0.1, -0.05) is 24.8 Å². The van der Waals surface area contributed by atoms with E-state index in [1.807, 2.05) is 18.2 Å². The molecule has 1 aromatic carbocycles. The highest BCUT2D eigenvalue weighted by Gasteiger charge is 2.19. The van der Waals surface area contributed by atoms with E-state index in [1.165, 1.54) is 0 Å². The first-order chi connectivity index (χ1) is 5.83. The van der Waals surface area contributed by atoms with Gasteiger partial charge in [-0.15, -0.1) is 0 Å². The van der Waals surface area contributed by atoms with Crippen molar-refractivity contribution in [1.29, 1.82) is 0 Å². The molecule has 0 aromatic heterocycles. The minimum absolute atomic E-state index is 0.0219. The van der Waals surface area contributed by atoms with Gasteiger partial charge in [-0.25, -0.2) is 0 Å². The first-order valence-corrected chi connectivity index (χ1v) is 3.85. The van der Waals surface area contributed by atoms with E-state index in [0.29, 0.717) is 6.54 Å². The second-order valence-corrected chi connectivity index (χ2v) is 2.76. The fourth-order valence-corrected chi connectivity index (χ4v) is 1.47. The van der Waals surface area contributed by atoms with E-state index in [2.05, 4.69) is 11.9 Å². The first-order valence-electron chi connectivity index (χ1n) is 3.85. The van der Waals surface area contributed by atoms with Gasteiger partial charge in [-0.2, -0.15) is 0 Å². The predicted octanol–water partition coefficient (Wildman–Crippen LogP) is 1.57. The molecule has 12 heavy (non-hydrogen) atoms. The Morgan fingerprint density at radius 3 is 3.08 bits per heavy atom. The fourth-order valence-electron chi connectivity index (χ4n) is 1.47. The number of nitrogens with one attached hydrogen (secondary N) is 1. The van der Waals surface area contributed by atoms with Crippen LogP contribution in [0.2, 0.25) is 0 Å². The lowest BCUT2D eigenvalue weighted by atomic mass is 10.0. The van der Waals surface area contributed by atoms with Crippen LogP contribution in [0.4, 0.5) is 0 Å². The average molecular weight is 159 g/mol. The summed E-state index contributed by atoms with van der Waals surface area (Å²) in [4.78, 5) is 11.2. The van der Waals surface area contributed by atoms with Gasteiger partial charge in [0, 0.05) is 12.1 Å². The maximum atomic E-state index is 11.2. The molecule has 0 aliphatic carbocycles. The van der Waals surface area contributed by atoms with Gasteiger partial charge in [0.1, 0.15) is 0 Å². The van der Waals surface area contributed by atoms with Gasteiger partial charge in [0.25, 0.3) is 5.91 Å². The molecule has 0 atom stereocenters. The molecule has 0 bridgehead atoms. The molecule has 1 amide bonds. The predicted molar refractivity (Wildman–Crippen MR) is 47.7 cm³/mol. The van der Waals surface area contributed by atoms with E-state index in [1.54, 1.807) is 6.08 Å². The molecular formula is C10H9NO. The molecular weight excluding hydrogens is 150 g/mol. The first kappa shape index (κ1) is 7.10. The minimum Gasteiger partial charge on any atom is -0.348 e. The molecule has 60 valence electrons. The quantitative estimate of drug-likeness (QED) is 0.662. The van der Waals surface area contributed by atoms with Crippen molar-refractivity contribution in [2.24, 2.45) is 0 Å². The van der Waals surface area contributed by atoms with E-state index in [-0.39, 0.29) is 5.91 Å². The Morgan fingerprint density at radius 1 is 1.50 bits per heavy atom. The summed E-state index contributed by atoms with van der Waals surface area (Å²) in [5.41, 5.74) is 2.90. The average Bonchev–Trinajstić information content (AvgIpc) is 2.48. The van der Waals surface area contributed by atoms with Gasteiger partial charge in [-0.3, -0.25) is 4.79 Å². The maximum absolute atomic E-state index is 11.2. The van der Waals surface area contributed by atoms with Gasteiger partial charge in [0.2, 0.25) is 0 Å². The molecule has 0 saturated carbocycles. The lowest BCUT2D eigenvalue weighted by Crippen LogP contribution is -2.12. The van der Waals surface area contributed by atoms with Crippen molar-refractivity contribution >= 4 is 12.0 Å². The molecule has 2 rings (SSSR count). The highest BCUT2D eigenvalue weighted by atomic mass is 16.1. The van der Waals surface area contributed by atoms with Gasteiger partial charge in [0.15, 0.2) is 0 Å². The van der Waals surface area contributed by atoms with Crippen molar-refractivity contribution < 1.29 is 4.79 Å². The number of hydrogen-bond acceptors (Lipinski definition) is 1. The number of amides is 1. The zero-order valence-electron chi connectivity index (χ0n) is 6.63.